The van der Waals surface area contributed by atoms with E-state index in [-0.39, 0.29) is 51.6 Å². The molecule has 5 heteroatoms. The summed E-state index contributed by atoms with van der Waals surface area (Å²) in [4.78, 5) is 20.4. The maximum Gasteiger partial charge on any atom is 2.00 e. The van der Waals surface area contributed by atoms with Crippen LogP contribution in [0.1, 0.15) is 208 Å². The zero-order chi connectivity index (χ0) is 29.8. The van der Waals surface area contributed by atoms with E-state index in [1.165, 1.54) is 128 Å². The topological polar surface area (TPSA) is 80.3 Å². The third kappa shape index (κ3) is 57.5. The van der Waals surface area contributed by atoms with E-state index in [1.54, 1.807) is 0 Å². The first-order valence-electron chi connectivity index (χ1n) is 17.2. The van der Waals surface area contributed by atoms with E-state index >= 15 is 0 Å². The van der Waals surface area contributed by atoms with Crippen LogP contribution in [0, 0.1) is 0 Å². The molecule has 0 aromatic rings. The number of rotatable bonds is 30. The fraction of sp³-hybridized carbons (Fsp3) is 0.842. The smallest absolute Gasteiger partial charge is 0.550 e. The molecule has 0 aliphatic rings. The van der Waals surface area contributed by atoms with Crippen molar-refractivity contribution in [2.45, 2.75) is 208 Å². The van der Waals surface area contributed by atoms with E-state index in [9.17, 15) is 19.8 Å². The number of carbonyl (C=O) groups is 2. The molecule has 2 radical (unpaired) electrons. The summed E-state index contributed by atoms with van der Waals surface area (Å²) in [6, 6.07) is 0. The Morgan fingerprint density at radius 2 is 0.605 bits per heavy atom. The molecule has 0 aliphatic carbocycles. The molecule has 0 saturated carbocycles. The molecule has 0 aromatic heterocycles. The van der Waals surface area contributed by atoms with Crippen LogP contribution < -0.4 is 10.2 Å². The van der Waals surface area contributed by atoms with Gasteiger partial charge >= 0.3 is 23.9 Å². The molecule has 0 spiro atoms. The van der Waals surface area contributed by atoms with Crippen LogP contribution in [0.25, 0.3) is 0 Å². The van der Waals surface area contributed by atoms with Crippen LogP contribution in [0.5, 0.6) is 0 Å². The van der Waals surface area contributed by atoms with Gasteiger partial charge in [0.1, 0.15) is 0 Å². The predicted molar refractivity (Wildman–Crippen MR) is 188 cm³/mol. The number of carboxylic acids is 2. The molecular formula is C38H74O4Sn. The number of carbonyl (C=O) groups excluding carboxylic acids is 2. The van der Waals surface area contributed by atoms with E-state index < -0.39 is 11.9 Å². The standard InChI is InChI=1S/2C18H34O2.2CH4.Sn/c2*1-2-3-4-5-6-7-8-9-10-11-12-13-14-15-16-17-18(19)20;;;/h2*9-10H,2-8,11-17H2,1H3,(H,19,20);2*1H4;/q;;;;+2/p-2/b2*10-9-;;;. The second-order valence-electron chi connectivity index (χ2n) is 11.4. The van der Waals surface area contributed by atoms with Gasteiger partial charge in [-0.3, -0.25) is 0 Å². The Balaban J connectivity index is -0.000000209. The van der Waals surface area contributed by atoms with E-state index in [0.29, 0.717) is 0 Å². The summed E-state index contributed by atoms with van der Waals surface area (Å²) < 4.78 is 0. The second-order valence-corrected chi connectivity index (χ2v) is 11.4. The summed E-state index contributed by atoms with van der Waals surface area (Å²) >= 11 is 0. The maximum absolute atomic E-state index is 10.2. The SMILES string of the molecule is C.C.CCCCCCCC/C=C\CCCCCCCC(=O)[O-].CCCCCCCC/C=C\CCCCCCCC(=O)[O-].[Sn+2]. The second kappa shape index (κ2) is 48.1. The molecule has 254 valence electrons. The van der Waals surface area contributed by atoms with Gasteiger partial charge in [0, 0.05) is 11.9 Å². The Morgan fingerprint density at radius 1 is 0.395 bits per heavy atom. The summed E-state index contributed by atoms with van der Waals surface area (Å²) in [5.74, 6) is -1.83. The minimum Gasteiger partial charge on any atom is -0.550 e. The Hall–Kier alpha value is -0.781. The van der Waals surface area contributed by atoms with Gasteiger partial charge in [-0.2, -0.15) is 0 Å². The van der Waals surface area contributed by atoms with Gasteiger partial charge in [-0.05, 0) is 77.0 Å². The average Bonchev–Trinajstić information content (AvgIpc) is 2.93. The minimum absolute atomic E-state index is 0. The summed E-state index contributed by atoms with van der Waals surface area (Å²) in [6.07, 6.45) is 41.8. The zero-order valence-electron chi connectivity index (χ0n) is 27.2. The van der Waals surface area contributed by atoms with Gasteiger partial charge in [0.15, 0.2) is 0 Å². The van der Waals surface area contributed by atoms with Gasteiger partial charge in [0.25, 0.3) is 0 Å². The van der Waals surface area contributed by atoms with E-state index in [0.717, 1.165) is 38.5 Å². The zero-order valence-corrected chi connectivity index (χ0v) is 30.1. The van der Waals surface area contributed by atoms with Crippen LogP contribution in [0.3, 0.4) is 0 Å². The number of hydrogen-bond donors (Lipinski definition) is 0. The Morgan fingerprint density at radius 3 is 0.837 bits per heavy atom. The number of aliphatic carboxylic acids is 2. The first-order valence-corrected chi connectivity index (χ1v) is 17.2. The number of unbranched alkanes of at least 4 members (excludes halogenated alkanes) is 22. The molecule has 0 N–H and O–H groups in total. The van der Waals surface area contributed by atoms with Gasteiger partial charge in [-0.15, -0.1) is 0 Å². The molecule has 0 bridgehead atoms. The predicted octanol–water partition coefficient (Wildman–Crippen LogP) is 10.4. The van der Waals surface area contributed by atoms with Gasteiger partial charge in [-0.1, -0.05) is 156 Å². The molecule has 0 aliphatic heterocycles. The van der Waals surface area contributed by atoms with Gasteiger partial charge < -0.3 is 19.8 Å². The normalized spacial score (nSPS) is 10.5. The summed E-state index contributed by atoms with van der Waals surface area (Å²) in [7, 11) is 0. The van der Waals surface area contributed by atoms with Crippen molar-refractivity contribution in [3.05, 3.63) is 24.3 Å². The largest absolute Gasteiger partial charge is 2.00 e. The fourth-order valence-electron chi connectivity index (χ4n) is 4.68. The first-order chi connectivity index (χ1) is 19.5. The van der Waals surface area contributed by atoms with Crippen molar-refractivity contribution in [2.24, 2.45) is 0 Å². The molecule has 0 fully saturated rings. The summed E-state index contributed by atoms with van der Waals surface area (Å²) in [5.41, 5.74) is 0. The molecule has 0 amide bonds. The molecule has 0 saturated heterocycles. The third-order valence-corrected chi connectivity index (χ3v) is 7.29. The molecular weight excluding hydrogens is 639 g/mol. The van der Waals surface area contributed by atoms with Gasteiger partial charge in [0.2, 0.25) is 0 Å². The molecule has 0 rings (SSSR count). The van der Waals surface area contributed by atoms with E-state index in [2.05, 4.69) is 38.2 Å². The van der Waals surface area contributed by atoms with Gasteiger partial charge in [0.05, 0.1) is 0 Å². The molecule has 0 atom stereocenters. The number of hydrogen-bond acceptors (Lipinski definition) is 4. The maximum atomic E-state index is 10.2. The van der Waals surface area contributed by atoms with E-state index in [4.69, 9.17) is 0 Å². The fourth-order valence-corrected chi connectivity index (χ4v) is 4.68. The summed E-state index contributed by atoms with van der Waals surface area (Å²) in [6.45, 7) is 4.51. The van der Waals surface area contributed by atoms with Crippen molar-refractivity contribution in [3.8, 4) is 0 Å². The van der Waals surface area contributed by atoms with Crippen LogP contribution in [-0.4, -0.2) is 35.8 Å². The molecule has 0 unspecified atom stereocenters. The Labute approximate surface area is 287 Å². The molecule has 0 aromatic carbocycles. The van der Waals surface area contributed by atoms with E-state index in [1.807, 2.05) is 0 Å². The van der Waals surface area contributed by atoms with Crippen molar-refractivity contribution in [1.29, 1.82) is 0 Å². The number of allylic oxidation sites excluding steroid dienone is 4. The Bertz CT molecular complexity index is 524. The number of carboxylic acid groups (broad SMARTS) is 2. The quantitative estimate of drug-likeness (QED) is 0.0422. The third-order valence-electron chi connectivity index (χ3n) is 7.29. The van der Waals surface area contributed by atoms with Crippen molar-refractivity contribution >= 4 is 35.8 Å². The molecule has 0 heterocycles. The van der Waals surface area contributed by atoms with Crippen LogP contribution >= 0.6 is 0 Å². The molecule has 43 heavy (non-hydrogen) atoms. The average molecular weight is 714 g/mol. The van der Waals surface area contributed by atoms with Gasteiger partial charge in [-0.25, -0.2) is 0 Å². The monoisotopic (exact) mass is 714 g/mol. The minimum atomic E-state index is -0.914. The first kappa shape index (κ1) is 51.8. The van der Waals surface area contributed by atoms with Crippen LogP contribution in [0.15, 0.2) is 24.3 Å². The van der Waals surface area contributed by atoms with Crippen LogP contribution in [0.2, 0.25) is 0 Å². The summed E-state index contributed by atoms with van der Waals surface area (Å²) in [5, 5.41) is 20.4. The van der Waals surface area contributed by atoms with Crippen LogP contribution in [-0.2, 0) is 9.59 Å². The van der Waals surface area contributed by atoms with Crippen molar-refractivity contribution in [2.75, 3.05) is 0 Å². The van der Waals surface area contributed by atoms with Crippen molar-refractivity contribution < 1.29 is 19.8 Å². The Kier molecular flexibility index (Phi) is 58.0. The van der Waals surface area contributed by atoms with Crippen molar-refractivity contribution in [3.63, 3.8) is 0 Å². The van der Waals surface area contributed by atoms with Crippen LogP contribution in [0.4, 0.5) is 0 Å². The van der Waals surface area contributed by atoms with Crippen molar-refractivity contribution in [1.82, 2.24) is 0 Å². The molecule has 4 nitrogen and oxygen atoms in total.